The third-order valence-electron chi connectivity index (χ3n) is 4.21. The van der Waals surface area contributed by atoms with Crippen molar-refractivity contribution in [3.05, 3.63) is 35.4 Å². The van der Waals surface area contributed by atoms with Crippen molar-refractivity contribution in [2.45, 2.75) is 38.8 Å². The standard InChI is InChI=1S/C17H27N3O/c1-14-5-3-4-6-15(14)13-20-11-8-16(9-12-20)19-17(21)7-10-18-2/h3-6,16,18H,7-13H2,1-2H3,(H,19,21). The van der Waals surface area contributed by atoms with Crippen LogP contribution < -0.4 is 10.6 Å². The average molecular weight is 289 g/mol. The number of amides is 1. The van der Waals surface area contributed by atoms with Gasteiger partial charge >= 0.3 is 0 Å². The highest BCUT2D eigenvalue weighted by atomic mass is 16.1. The van der Waals surface area contributed by atoms with Crippen molar-refractivity contribution >= 4 is 5.91 Å². The lowest BCUT2D eigenvalue weighted by atomic mass is 10.0. The Bertz CT molecular complexity index is 453. The predicted octanol–water partition coefficient (Wildman–Crippen LogP) is 1.69. The van der Waals surface area contributed by atoms with Gasteiger partial charge in [0, 0.05) is 38.6 Å². The number of piperidine rings is 1. The summed E-state index contributed by atoms with van der Waals surface area (Å²) in [4.78, 5) is 14.2. The van der Waals surface area contributed by atoms with Crippen molar-refractivity contribution in [2.24, 2.45) is 0 Å². The maximum absolute atomic E-state index is 11.7. The second-order valence-corrected chi connectivity index (χ2v) is 5.90. The Morgan fingerprint density at radius 2 is 2.00 bits per heavy atom. The van der Waals surface area contributed by atoms with Gasteiger partial charge in [-0.3, -0.25) is 9.69 Å². The number of benzene rings is 1. The van der Waals surface area contributed by atoms with Crippen molar-refractivity contribution in [1.82, 2.24) is 15.5 Å². The van der Waals surface area contributed by atoms with Crippen LogP contribution in [0.1, 0.15) is 30.4 Å². The number of rotatable bonds is 6. The lowest BCUT2D eigenvalue weighted by Gasteiger charge is -2.32. The Labute approximate surface area is 127 Å². The molecule has 1 aromatic rings. The molecular weight excluding hydrogens is 262 g/mol. The fourth-order valence-corrected chi connectivity index (χ4v) is 2.80. The van der Waals surface area contributed by atoms with Crippen molar-refractivity contribution in [1.29, 1.82) is 0 Å². The van der Waals surface area contributed by atoms with Crippen LogP contribution in [0.15, 0.2) is 24.3 Å². The summed E-state index contributed by atoms with van der Waals surface area (Å²) in [6.45, 7) is 6.06. The Hall–Kier alpha value is -1.39. The van der Waals surface area contributed by atoms with Crippen LogP contribution in [0.3, 0.4) is 0 Å². The molecule has 2 N–H and O–H groups in total. The van der Waals surface area contributed by atoms with Gasteiger partial charge in [0.05, 0.1) is 0 Å². The zero-order valence-corrected chi connectivity index (χ0v) is 13.2. The van der Waals surface area contributed by atoms with Crippen LogP contribution in [0.2, 0.25) is 0 Å². The van der Waals surface area contributed by atoms with Gasteiger partial charge in [0.2, 0.25) is 5.91 Å². The van der Waals surface area contributed by atoms with Crippen molar-refractivity contribution in [2.75, 3.05) is 26.7 Å². The van der Waals surface area contributed by atoms with Gasteiger partial charge in [-0.15, -0.1) is 0 Å². The molecule has 4 nitrogen and oxygen atoms in total. The molecule has 1 heterocycles. The van der Waals surface area contributed by atoms with Crippen LogP contribution in [-0.4, -0.2) is 43.5 Å². The van der Waals surface area contributed by atoms with E-state index in [4.69, 9.17) is 0 Å². The summed E-state index contributed by atoms with van der Waals surface area (Å²) in [7, 11) is 1.87. The Morgan fingerprint density at radius 1 is 1.29 bits per heavy atom. The third kappa shape index (κ3) is 5.14. The van der Waals surface area contributed by atoms with Gasteiger partial charge in [-0.25, -0.2) is 0 Å². The molecule has 21 heavy (non-hydrogen) atoms. The number of nitrogens with one attached hydrogen (secondary N) is 2. The number of hydrogen-bond acceptors (Lipinski definition) is 3. The first-order chi connectivity index (χ1) is 10.2. The molecule has 0 aliphatic carbocycles. The first kappa shape index (κ1) is 16.0. The summed E-state index contributed by atoms with van der Waals surface area (Å²) in [5, 5.41) is 6.15. The van der Waals surface area contributed by atoms with E-state index >= 15 is 0 Å². The molecule has 4 heteroatoms. The normalized spacial score (nSPS) is 16.9. The van der Waals surface area contributed by atoms with Crippen LogP contribution in [-0.2, 0) is 11.3 Å². The Balaban J connectivity index is 1.73. The first-order valence-electron chi connectivity index (χ1n) is 7.90. The van der Waals surface area contributed by atoms with E-state index in [2.05, 4.69) is 46.7 Å². The second-order valence-electron chi connectivity index (χ2n) is 5.90. The molecule has 0 saturated carbocycles. The Morgan fingerprint density at radius 3 is 2.67 bits per heavy atom. The van der Waals surface area contributed by atoms with Crippen LogP contribution in [0.4, 0.5) is 0 Å². The van der Waals surface area contributed by atoms with Crippen LogP contribution in [0, 0.1) is 6.92 Å². The van der Waals surface area contributed by atoms with Gasteiger partial charge in [0.15, 0.2) is 0 Å². The molecule has 1 saturated heterocycles. The van der Waals surface area contributed by atoms with Crippen LogP contribution in [0.5, 0.6) is 0 Å². The maximum Gasteiger partial charge on any atom is 0.221 e. The summed E-state index contributed by atoms with van der Waals surface area (Å²) in [5.74, 6) is 0.168. The zero-order valence-electron chi connectivity index (χ0n) is 13.2. The van der Waals surface area contributed by atoms with E-state index in [9.17, 15) is 4.79 Å². The zero-order chi connectivity index (χ0) is 15.1. The quantitative estimate of drug-likeness (QED) is 0.837. The molecule has 1 aliphatic heterocycles. The minimum atomic E-state index is 0.168. The van der Waals surface area contributed by atoms with E-state index in [0.29, 0.717) is 12.5 Å². The van der Waals surface area contributed by atoms with Gasteiger partial charge in [-0.05, 0) is 37.9 Å². The van der Waals surface area contributed by atoms with E-state index in [1.54, 1.807) is 0 Å². The topological polar surface area (TPSA) is 44.4 Å². The summed E-state index contributed by atoms with van der Waals surface area (Å²) in [5.41, 5.74) is 2.77. The molecule has 0 atom stereocenters. The Kier molecular flexibility index (Phi) is 6.21. The predicted molar refractivity (Wildman–Crippen MR) is 86.2 cm³/mol. The minimum Gasteiger partial charge on any atom is -0.353 e. The number of nitrogens with zero attached hydrogens (tertiary/aromatic N) is 1. The second kappa shape index (κ2) is 8.15. The molecule has 116 valence electrons. The van der Waals surface area contributed by atoms with E-state index in [1.165, 1.54) is 11.1 Å². The molecule has 1 fully saturated rings. The fourth-order valence-electron chi connectivity index (χ4n) is 2.80. The van der Waals surface area contributed by atoms with Gasteiger partial charge in [-0.1, -0.05) is 24.3 Å². The van der Waals surface area contributed by atoms with E-state index in [1.807, 2.05) is 7.05 Å². The molecule has 0 aromatic heterocycles. The number of likely N-dealkylation sites (tertiary alicyclic amines) is 1. The molecule has 1 aromatic carbocycles. The van der Waals surface area contributed by atoms with Crippen molar-refractivity contribution in [3.8, 4) is 0 Å². The molecule has 0 bridgehead atoms. The van der Waals surface area contributed by atoms with E-state index < -0.39 is 0 Å². The van der Waals surface area contributed by atoms with Gasteiger partial charge < -0.3 is 10.6 Å². The third-order valence-corrected chi connectivity index (χ3v) is 4.21. The van der Waals surface area contributed by atoms with Gasteiger partial charge in [0.25, 0.3) is 0 Å². The van der Waals surface area contributed by atoms with Crippen molar-refractivity contribution in [3.63, 3.8) is 0 Å². The molecule has 2 rings (SSSR count). The van der Waals surface area contributed by atoms with Gasteiger partial charge in [0.1, 0.15) is 0 Å². The molecule has 0 radical (unpaired) electrons. The number of carbonyl (C=O) groups is 1. The molecule has 1 amide bonds. The minimum absolute atomic E-state index is 0.168. The van der Waals surface area contributed by atoms with E-state index in [-0.39, 0.29) is 5.91 Å². The van der Waals surface area contributed by atoms with Crippen molar-refractivity contribution < 1.29 is 4.79 Å². The highest BCUT2D eigenvalue weighted by Gasteiger charge is 2.20. The monoisotopic (exact) mass is 289 g/mol. The van der Waals surface area contributed by atoms with Gasteiger partial charge in [-0.2, -0.15) is 0 Å². The molecular formula is C17H27N3O. The first-order valence-corrected chi connectivity index (χ1v) is 7.90. The maximum atomic E-state index is 11.7. The van der Waals surface area contributed by atoms with Crippen LogP contribution in [0.25, 0.3) is 0 Å². The largest absolute Gasteiger partial charge is 0.353 e. The lowest BCUT2D eigenvalue weighted by Crippen LogP contribution is -2.44. The summed E-state index contributed by atoms with van der Waals surface area (Å²) >= 11 is 0. The summed E-state index contributed by atoms with van der Waals surface area (Å²) in [6.07, 6.45) is 2.67. The number of carbonyl (C=O) groups excluding carboxylic acids is 1. The highest BCUT2D eigenvalue weighted by molar-refractivity contribution is 5.76. The lowest BCUT2D eigenvalue weighted by molar-refractivity contribution is -0.122. The molecule has 1 aliphatic rings. The SMILES string of the molecule is CNCCC(=O)NC1CCN(Cc2ccccc2C)CC1. The highest BCUT2D eigenvalue weighted by Crippen LogP contribution is 2.16. The van der Waals surface area contributed by atoms with E-state index in [0.717, 1.165) is 39.0 Å². The van der Waals surface area contributed by atoms with Crippen LogP contribution >= 0.6 is 0 Å². The molecule has 0 spiro atoms. The fraction of sp³-hybridized carbons (Fsp3) is 0.588. The number of hydrogen-bond donors (Lipinski definition) is 2. The molecule has 0 unspecified atom stereocenters. The number of aryl methyl sites for hydroxylation is 1. The summed E-state index contributed by atoms with van der Waals surface area (Å²) in [6, 6.07) is 8.93. The average Bonchev–Trinajstić information content (AvgIpc) is 2.49. The smallest absolute Gasteiger partial charge is 0.221 e. The summed E-state index contributed by atoms with van der Waals surface area (Å²) < 4.78 is 0.